The number of hydrogen-bond donors (Lipinski definition) is 0. The Morgan fingerprint density at radius 2 is 1.73 bits per heavy atom. The van der Waals surface area contributed by atoms with Crippen LogP contribution < -0.4 is 4.74 Å². The Labute approximate surface area is 132 Å². The second-order valence-corrected chi connectivity index (χ2v) is 6.68. The summed E-state index contributed by atoms with van der Waals surface area (Å²) in [5.74, 6) is 2.52. The molecule has 2 aliphatic rings. The van der Waals surface area contributed by atoms with Crippen molar-refractivity contribution < 1.29 is 9.47 Å². The number of hydrogen-bond acceptors (Lipinski definition) is 2. The molecule has 1 aliphatic heterocycles. The second-order valence-electron chi connectivity index (χ2n) is 6.68. The van der Waals surface area contributed by atoms with Gasteiger partial charge in [0.05, 0.1) is 19.3 Å². The van der Waals surface area contributed by atoms with E-state index >= 15 is 0 Å². The molecule has 1 atom stereocenters. The predicted octanol–water partition coefficient (Wildman–Crippen LogP) is 4.91. The molecular formula is C20H24O2. The van der Waals surface area contributed by atoms with Gasteiger partial charge in [-0.2, -0.15) is 0 Å². The molecule has 1 heterocycles. The number of epoxide rings is 1. The van der Waals surface area contributed by atoms with Crippen LogP contribution in [-0.4, -0.2) is 19.3 Å². The van der Waals surface area contributed by atoms with Crippen molar-refractivity contribution in [1.29, 1.82) is 0 Å². The Morgan fingerprint density at radius 3 is 2.45 bits per heavy atom. The van der Waals surface area contributed by atoms with Crippen LogP contribution in [0.4, 0.5) is 0 Å². The third-order valence-corrected chi connectivity index (χ3v) is 5.27. The van der Waals surface area contributed by atoms with E-state index in [1.807, 2.05) is 6.92 Å². The molecule has 116 valence electrons. The van der Waals surface area contributed by atoms with E-state index in [-0.39, 0.29) is 0 Å². The van der Waals surface area contributed by atoms with E-state index in [1.54, 1.807) is 0 Å². The Bertz CT molecular complexity index is 652. The van der Waals surface area contributed by atoms with Gasteiger partial charge < -0.3 is 9.47 Å². The fourth-order valence-corrected chi connectivity index (χ4v) is 3.90. The molecule has 2 nitrogen and oxygen atoms in total. The van der Waals surface area contributed by atoms with E-state index in [2.05, 4.69) is 36.4 Å². The van der Waals surface area contributed by atoms with Crippen molar-refractivity contribution in [2.24, 2.45) is 5.92 Å². The van der Waals surface area contributed by atoms with Gasteiger partial charge in [0, 0.05) is 0 Å². The van der Waals surface area contributed by atoms with Gasteiger partial charge in [-0.15, -0.1) is 0 Å². The van der Waals surface area contributed by atoms with E-state index in [4.69, 9.17) is 9.47 Å². The molecule has 0 spiro atoms. The van der Waals surface area contributed by atoms with Gasteiger partial charge in [-0.05, 0) is 72.9 Å². The molecule has 0 bridgehead atoms. The van der Waals surface area contributed by atoms with E-state index in [9.17, 15) is 0 Å². The molecule has 2 fully saturated rings. The fraction of sp³-hybridized carbons (Fsp3) is 0.500. The highest BCUT2D eigenvalue weighted by atomic mass is 16.6. The molecule has 0 radical (unpaired) electrons. The largest absolute Gasteiger partial charge is 0.494 e. The number of benzene rings is 2. The average Bonchev–Trinajstić information content (AvgIpc) is 3.40. The normalized spacial score (nSPS) is 27.8. The minimum absolute atomic E-state index is 0.592. The zero-order valence-electron chi connectivity index (χ0n) is 13.3. The van der Waals surface area contributed by atoms with Crippen molar-refractivity contribution in [3.8, 4) is 5.75 Å². The average molecular weight is 296 g/mol. The summed E-state index contributed by atoms with van der Waals surface area (Å²) in [5.41, 5.74) is 1.51. The van der Waals surface area contributed by atoms with Gasteiger partial charge in [0.1, 0.15) is 5.75 Å². The highest BCUT2D eigenvalue weighted by Gasteiger charge is 2.35. The molecule has 2 aromatic rings. The van der Waals surface area contributed by atoms with Crippen LogP contribution in [-0.2, 0) is 4.74 Å². The first-order valence-corrected chi connectivity index (χ1v) is 8.61. The van der Waals surface area contributed by atoms with Crippen LogP contribution in [0.3, 0.4) is 0 Å². The number of ether oxygens (including phenoxy) is 2. The Hall–Kier alpha value is -1.54. The summed E-state index contributed by atoms with van der Waals surface area (Å²) in [5, 5.41) is 2.60. The van der Waals surface area contributed by atoms with E-state index in [1.165, 1.54) is 42.0 Å². The van der Waals surface area contributed by atoms with Crippen LogP contribution in [0.1, 0.15) is 44.1 Å². The van der Waals surface area contributed by atoms with Crippen molar-refractivity contribution in [2.75, 3.05) is 13.2 Å². The Balaban J connectivity index is 1.51. The topological polar surface area (TPSA) is 21.8 Å². The van der Waals surface area contributed by atoms with Crippen molar-refractivity contribution in [1.82, 2.24) is 0 Å². The van der Waals surface area contributed by atoms with Gasteiger partial charge in [-0.1, -0.05) is 24.3 Å². The molecule has 4 rings (SSSR count). The minimum atomic E-state index is 0.592. The summed E-state index contributed by atoms with van der Waals surface area (Å²) in [6.45, 7) is 3.75. The van der Waals surface area contributed by atoms with Crippen LogP contribution in [0.25, 0.3) is 10.8 Å². The lowest BCUT2D eigenvalue weighted by molar-refractivity contribution is 0.252. The van der Waals surface area contributed by atoms with Gasteiger partial charge >= 0.3 is 0 Å². The minimum Gasteiger partial charge on any atom is -0.494 e. The van der Waals surface area contributed by atoms with Crippen LogP contribution in [0.5, 0.6) is 5.75 Å². The molecule has 1 saturated carbocycles. The van der Waals surface area contributed by atoms with Crippen molar-refractivity contribution in [3.05, 3.63) is 42.0 Å². The van der Waals surface area contributed by atoms with E-state index < -0.39 is 0 Å². The van der Waals surface area contributed by atoms with Gasteiger partial charge in [-0.25, -0.2) is 0 Å². The summed E-state index contributed by atoms with van der Waals surface area (Å²) in [6, 6.07) is 13.4. The number of rotatable bonds is 4. The molecule has 1 aliphatic carbocycles. The summed E-state index contributed by atoms with van der Waals surface area (Å²) >= 11 is 0. The lowest BCUT2D eigenvalue weighted by Gasteiger charge is -2.28. The summed E-state index contributed by atoms with van der Waals surface area (Å²) in [7, 11) is 0. The molecule has 22 heavy (non-hydrogen) atoms. The molecular weight excluding hydrogens is 272 g/mol. The van der Waals surface area contributed by atoms with Crippen molar-refractivity contribution in [2.45, 2.75) is 44.6 Å². The maximum absolute atomic E-state index is 5.59. The SMILES string of the molecule is CCOc1ccc2cc(C3CCC(C4CO4)CC3)ccc2c1. The molecule has 2 heteroatoms. The lowest BCUT2D eigenvalue weighted by atomic mass is 9.77. The molecule has 1 unspecified atom stereocenters. The van der Waals surface area contributed by atoms with Gasteiger partial charge in [0.2, 0.25) is 0 Å². The third-order valence-electron chi connectivity index (χ3n) is 5.27. The highest BCUT2D eigenvalue weighted by molar-refractivity contribution is 5.84. The number of fused-ring (bicyclic) bond motifs is 1. The highest BCUT2D eigenvalue weighted by Crippen LogP contribution is 2.41. The molecule has 2 aromatic carbocycles. The first kappa shape index (κ1) is 14.1. The third kappa shape index (κ3) is 2.85. The Kier molecular flexibility index (Phi) is 3.79. The fourth-order valence-electron chi connectivity index (χ4n) is 3.90. The maximum Gasteiger partial charge on any atom is 0.119 e. The Morgan fingerprint density at radius 1 is 1.00 bits per heavy atom. The van der Waals surface area contributed by atoms with Crippen molar-refractivity contribution >= 4 is 10.8 Å². The smallest absolute Gasteiger partial charge is 0.119 e. The summed E-state index contributed by atoms with van der Waals surface area (Å²) < 4.78 is 11.1. The van der Waals surface area contributed by atoms with Gasteiger partial charge in [0.15, 0.2) is 0 Å². The van der Waals surface area contributed by atoms with Gasteiger partial charge in [-0.3, -0.25) is 0 Å². The summed E-state index contributed by atoms with van der Waals surface area (Å²) in [6.07, 6.45) is 5.88. The first-order chi connectivity index (χ1) is 10.8. The van der Waals surface area contributed by atoms with E-state index in [0.29, 0.717) is 6.10 Å². The molecule has 0 N–H and O–H groups in total. The van der Waals surface area contributed by atoms with Crippen molar-refractivity contribution in [3.63, 3.8) is 0 Å². The predicted molar refractivity (Wildman–Crippen MR) is 89.6 cm³/mol. The molecule has 0 amide bonds. The maximum atomic E-state index is 5.59. The zero-order valence-corrected chi connectivity index (χ0v) is 13.3. The quantitative estimate of drug-likeness (QED) is 0.748. The second kappa shape index (κ2) is 5.92. The van der Waals surface area contributed by atoms with Gasteiger partial charge in [0.25, 0.3) is 0 Å². The van der Waals surface area contributed by atoms with E-state index in [0.717, 1.165) is 30.8 Å². The summed E-state index contributed by atoms with van der Waals surface area (Å²) in [4.78, 5) is 0. The van der Waals surface area contributed by atoms with Crippen LogP contribution >= 0.6 is 0 Å². The van der Waals surface area contributed by atoms with Crippen LogP contribution in [0, 0.1) is 5.92 Å². The zero-order chi connectivity index (χ0) is 14.9. The molecule has 1 saturated heterocycles. The standard InChI is InChI=1S/C20H24O2/c1-2-21-19-10-9-17-11-16(7-8-18(17)12-19)14-3-5-15(6-4-14)20-13-22-20/h7-12,14-15,20H,2-6,13H2,1H3. The molecule has 0 aromatic heterocycles. The first-order valence-electron chi connectivity index (χ1n) is 8.61. The lowest BCUT2D eigenvalue weighted by Crippen LogP contribution is -2.17. The van der Waals surface area contributed by atoms with Crippen LogP contribution in [0.2, 0.25) is 0 Å². The monoisotopic (exact) mass is 296 g/mol. The van der Waals surface area contributed by atoms with Crippen LogP contribution in [0.15, 0.2) is 36.4 Å².